The van der Waals surface area contributed by atoms with E-state index in [1.807, 2.05) is 0 Å². The molecule has 0 unspecified atom stereocenters. The molecule has 5 heteroatoms. The van der Waals surface area contributed by atoms with E-state index in [2.05, 4.69) is 0 Å². The van der Waals surface area contributed by atoms with Gasteiger partial charge in [0.25, 0.3) is 0 Å². The first-order valence-corrected chi connectivity index (χ1v) is 0.775. The Morgan fingerprint density at radius 1 is 1.00 bits per heavy atom. The zero-order chi connectivity index (χ0) is 3.58. The second-order valence-corrected chi connectivity index (χ2v) is 0.346. The van der Waals surface area contributed by atoms with Crippen LogP contribution >= 0.6 is 0 Å². The van der Waals surface area contributed by atoms with Crippen LogP contribution in [0.3, 0.4) is 0 Å². The summed E-state index contributed by atoms with van der Waals surface area (Å²) in [6.07, 6.45) is 0. The number of hydrogen-bond acceptors (Lipinski definition) is 3. The Kier molecular flexibility index (Phi) is 10.2. The second-order valence-electron chi connectivity index (χ2n) is 0.346. The van der Waals surface area contributed by atoms with Crippen LogP contribution in [0, 0.1) is 41.3 Å². The van der Waals surface area contributed by atoms with E-state index in [0.29, 0.717) is 0 Å². The largest absolute Gasteiger partial charge is 0.631 e. The smallest absolute Gasteiger partial charge is 0.402 e. The summed E-state index contributed by atoms with van der Waals surface area (Å²) in [6, 6.07) is 0. The van der Waals surface area contributed by atoms with Crippen LogP contribution in [-0.2, 0) is 0 Å². The molecule has 0 aliphatic heterocycles. The third kappa shape index (κ3) is 33.9. The van der Waals surface area contributed by atoms with Crippen molar-refractivity contribution in [2.24, 2.45) is 0 Å². The molecule has 0 aliphatic carbocycles. The van der Waals surface area contributed by atoms with Crippen molar-refractivity contribution in [1.82, 2.24) is 0 Å². The zero-order valence-corrected chi connectivity index (χ0v) is 6.20. The van der Waals surface area contributed by atoms with Crippen LogP contribution < -0.4 is 0 Å². The summed E-state index contributed by atoms with van der Waals surface area (Å²) in [4.78, 5) is 0. The Balaban J connectivity index is 0. The van der Waals surface area contributed by atoms with E-state index in [-0.39, 0.29) is 41.3 Å². The monoisotopic (exact) mass is 203 g/mol. The summed E-state index contributed by atoms with van der Waals surface area (Å²) in [5.74, 6) is 0. The van der Waals surface area contributed by atoms with Crippen molar-refractivity contribution in [2.75, 3.05) is 0 Å². The second kappa shape index (κ2) is 5.31. The van der Waals surface area contributed by atoms with Crippen LogP contribution in [0.2, 0.25) is 0 Å². The third-order valence-electron chi connectivity index (χ3n) is 0. The maximum Gasteiger partial charge on any atom is 0.631 e. The Bertz CT molecular complexity index is 11.6. The van der Waals surface area contributed by atoms with Crippen molar-refractivity contribution in [3.8, 4) is 0 Å². The quantitative estimate of drug-likeness (QED) is 0.397. The van der Waals surface area contributed by atoms with Crippen LogP contribution in [0.15, 0.2) is 0 Å². The van der Waals surface area contributed by atoms with Gasteiger partial charge >= 0.3 is 7.32 Å². The van der Waals surface area contributed by atoms with Gasteiger partial charge in [-0.15, -0.1) is 0 Å². The van der Waals surface area contributed by atoms with Crippen LogP contribution in [0.5, 0.6) is 0 Å². The van der Waals surface area contributed by atoms with Crippen LogP contribution in [-0.4, -0.2) is 22.4 Å². The van der Waals surface area contributed by atoms with Gasteiger partial charge in [-0.1, -0.05) is 0 Å². The third-order valence-corrected chi connectivity index (χ3v) is 0. The predicted octanol–water partition coefficient (Wildman–Crippen LogP) is -2.05. The van der Waals surface area contributed by atoms with Gasteiger partial charge in [-0.25, -0.2) is 0 Å². The first-order chi connectivity index (χ1) is 1.73. The molecular weight excluding hydrogens is 200 g/mol. The first-order valence-electron chi connectivity index (χ1n) is 0.775. The molecule has 0 aromatic rings. The van der Waals surface area contributed by atoms with Crippen molar-refractivity contribution >= 4 is 7.32 Å². The molecule has 0 aromatic carbocycles. The van der Waals surface area contributed by atoms with Gasteiger partial charge in [0.2, 0.25) is 0 Å². The molecule has 0 saturated heterocycles. The van der Waals surface area contributed by atoms with Crippen molar-refractivity contribution in [1.29, 1.82) is 0 Å². The topological polar surface area (TPSA) is 60.7 Å². The molecule has 0 spiro atoms. The normalized spacial score (nSPS) is 5.40. The Morgan fingerprint density at radius 2 is 1.00 bits per heavy atom. The molecule has 1 radical (unpaired) electrons. The SMILES string of the molecule is OB(O)O.[Pr]. The van der Waals surface area contributed by atoms with E-state index >= 15 is 0 Å². The van der Waals surface area contributed by atoms with E-state index in [1.165, 1.54) is 0 Å². The Morgan fingerprint density at radius 3 is 1.00 bits per heavy atom. The van der Waals surface area contributed by atoms with E-state index in [1.54, 1.807) is 0 Å². The van der Waals surface area contributed by atoms with Gasteiger partial charge in [0.05, 0.1) is 0 Å². The van der Waals surface area contributed by atoms with Crippen molar-refractivity contribution in [3.05, 3.63) is 0 Å². The van der Waals surface area contributed by atoms with E-state index < -0.39 is 7.32 Å². The first kappa shape index (κ1) is 9.58. The average Bonchev–Trinajstić information content (AvgIpc) is 0.811. The molecule has 3 nitrogen and oxygen atoms in total. The number of rotatable bonds is 0. The van der Waals surface area contributed by atoms with E-state index in [4.69, 9.17) is 15.1 Å². The van der Waals surface area contributed by atoms with Gasteiger partial charge < -0.3 is 15.1 Å². The molecule has 0 aromatic heterocycles. The Labute approximate surface area is 63.1 Å². The summed E-state index contributed by atoms with van der Waals surface area (Å²) >= 11 is 0. The van der Waals surface area contributed by atoms with E-state index in [0.717, 1.165) is 0 Å². The van der Waals surface area contributed by atoms with Crippen molar-refractivity contribution < 1.29 is 56.4 Å². The van der Waals surface area contributed by atoms with Crippen molar-refractivity contribution in [2.45, 2.75) is 0 Å². The van der Waals surface area contributed by atoms with Gasteiger partial charge in [0, 0.05) is 41.3 Å². The van der Waals surface area contributed by atoms with Gasteiger partial charge in [0.15, 0.2) is 0 Å². The molecule has 0 rings (SSSR count). The number of hydrogen-bond donors (Lipinski definition) is 3. The van der Waals surface area contributed by atoms with E-state index in [9.17, 15) is 0 Å². The van der Waals surface area contributed by atoms with Gasteiger partial charge in [-0.05, 0) is 0 Å². The maximum atomic E-state index is 7.17. The molecule has 0 saturated carbocycles. The van der Waals surface area contributed by atoms with Gasteiger partial charge in [-0.2, -0.15) is 0 Å². The standard InChI is InChI=1S/BH3O3.Pr/c2-1(3)4;/h2-4H;. The predicted molar refractivity (Wildman–Crippen MR) is 12.4 cm³/mol. The molecule has 0 amide bonds. The summed E-state index contributed by atoms with van der Waals surface area (Å²) < 4.78 is 0. The minimum atomic E-state index is -2.17. The molecule has 27 valence electrons. The van der Waals surface area contributed by atoms with Crippen molar-refractivity contribution in [3.63, 3.8) is 0 Å². The molecule has 0 atom stereocenters. The molecule has 0 bridgehead atoms. The summed E-state index contributed by atoms with van der Waals surface area (Å²) in [7, 11) is -2.17. The molecule has 0 heterocycles. The van der Waals surface area contributed by atoms with Crippen LogP contribution in [0.25, 0.3) is 0 Å². The Hall–Kier alpha value is 1.31. The fourth-order valence-electron chi connectivity index (χ4n) is 0. The fourth-order valence-corrected chi connectivity index (χ4v) is 0. The van der Waals surface area contributed by atoms with Gasteiger partial charge in [-0.3, -0.25) is 0 Å². The molecular formula is H3BO3Pr. The molecule has 0 aliphatic rings. The summed E-state index contributed by atoms with van der Waals surface area (Å²) in [5, 5.41) is 21.5. The molecule has 5 heavy (non-hydrogen) atoms. The maximum absolute atomic E-state index is 7.17. The van der Waals surface area contributed by atoms with Crippen LogP contribution in [0.4, 0.5) is 0 Å². The summed E-state index contributed by atoms with van der Waals surface area (Å²) in [5.41, 5.74) is 0. The van der Waals surface area contributed by atoms with Crippen LogP contribution in [0.1, 0.15) is 0 Å². The fraction of sp³-hybridized carbons (Fsp3) is 0. The zero-order valence-electron chi connectivity index (χ0n) is 2.50. The minimum Gasteiger partial charge on any atom is -0.402 e. The molecule has 0 fully saturated rings. The molecule has 3 N–H and O–H groups in total. The van der Waals surface area contributed by atoms with Gasteiger partial charge in [0.1, 0.15) is 0 Å². The summed E-state index contributed by atoms with van der Waals surface area (Å²) in [6.45, 7) is 0. The average molecular weight is 203 g/mol. The minimum absolute atomic E-state index is 0.